The fraction of sp³-hybridized carbons (Fsp3) is 0.429. The van der Waals surface area contributed by atoms with Crippen LogP contribution < -0.4 is 9.64 Å². The summed E-state index contributed by atoms with van der Waals surface area (Å²) in [5.74, 6) is 0.382. The van der Waals surface area contributed by atoms with Crippen molar-refractivity contribution in [2.45, 2.75) is 19.0 Å². The average Bonchev–Trinajstić information content (AvgIpc) is 2.69. The van der Waals surface area contributed by atoms with E-state index in [-0.39, 0.29) is 5.82 Å². The molecular formula is C21H24F4N2O. The summed E-state index contributed by atoms with van der Waals surface area (Å²) < 4.78 is 57.0. The van der Waals surface area contributed by atoms with E-state index in [0.717, 1.165) is 38.5 Å². The lowest BCUT2D eigenvalue weighted by Gasteiger charge is -2.36. The minimum absolute atomic E-state index is 0.281. The van der Waals surface area contributed by atoms with E-state index in [1.165, 1.54) is 24.3 Å². The first kappa shape index (κ1) is 20.5. The first-order chi connectivity index (χ1) is 13.4. The normalized spacial score (nSPS) is 15.6. The Hall–Kier alpha value is -2.28. The highest BCUT2D eigenvalue weighted by atomic mass is 19.4. The first-order valence-electron chi connectivity index (χ1n) is 9.45. The Morgan fingerprint density at radius 3 is 2.29 bits per heavy atom. The molecule has 1 aliphatic heterocycles. The molecule has 2 aromatic carbocycles. The Morgan fingerprint density at radius 1 is 0.893 bits per heavy atom. The second-order valence-electron chi connectivity index (χ2n) is 6.89. The summed E-state index contributed by atoms with van der Waals surface area (Å²) in [5.41, 5.74) is 0.0238. The number of unbranched alkanes of at least 4 members (excludes halogenated alkanes) is 1. The Balaban J connectivity index is 1.36. The fourth-order valence-corrected chi connectivity index (χ4v) is 3.27. The molecule has 1 aliphatic rings. The van der Waals surface area contributed by atoms with E-state index in [9.17, 15) is 17.6 Å². The van der Waals surface area contributed by atoms with Crippen molar-refractivity contribution in [3.05, 3.63) is 59.9 Å². The monoisotopic (exact) mass is 396 g/mol. The van der Waals surface area contributed by atoms with Gasteiger partial charge in [-0.2, -0.15) is 13.2 Å². The maximum absolute atomic E-state index is 12.9. The standard InChI is InChI=1S/C21H24F4N2O/c22-18-6-8-20(9-7-18)28-15-2-1-10-26-11-13-27(14-12-26)19-5-3-4-17(16-19)21(23,24)25/h3-9,16H,1-2,10-15H2. The van der Waals surface area contributed by atoms with E-state index >= 15 is 0 Å². The van der Waals surface area contributed by atoms with Gasteiger partial charge in [-0.3, -0.25) is 4.90 Å². The van der Waals surface area contributed by atoms with E-state index in [1.54, 1.807) is 18.2 Å². The van der Waals surface area contributed by atoms with Gasteiger partial charge in [0.2, 0.25) is 0 Å². The molecule has 0 atom stereocenters. The average molecular weight is 396 g/mol. The van der Waals surface area contributed by atoms with Gasteiger partial charge in [-0.05, 0) is 61.9 Å². The summed E-state index contributed by atoms with van der Waals surface area (Å²) >= 11 is 0. The van der Waals surface area contributed by atoms with Crippen molar-refractivity contribution >= 4 is 5.69 Å². The van der Waals surface area contributed by atoms with Crippen LogP contribution >= 0.6 is 0 Å². The zero-order valence-corrected chi connectivity index (χ0v) is 15.6. The van der Waals surface area contributed by atoms with E-state index in [0.29, 0.717) is 31.1 Å². The molecule has 0 spiro atoms. The SMILES string of the molecule is Fc1ccc(OCCCCN2CCN(c3cccc(C(F)(F)F)c3)CC2)cc1. The predicted octanol–water partition coefficient (Wildman–Crippen LogP) is 4.83. The van der Waals surface area contributed by atoms with Crippen LogP contribution in [-0.4, -0.2) is 44.2 Å². The molecule has 28 heavy (non-hydrogen) atoms. The number of nitrogens with zero attached hydrogens (tertiary/aromatic N) is 2. The van der Waals surface area contributed by atoms with Crippen LogP contribution in [0.3, 0.4) is 0 Å². The van der Waals surface area contributed by atoms with Gasteiger partial charge in [0.1, 0.15) is 11.6 Å². The molecule has 0 bridgehead atoms. The highest BCUT2D eigenvalue weighted by Crippen LogP contribution is 2.31. The summed E-state index contributed by atoms with van der Waals surface area (Å²) in [6.07, 6.45) is -2.44. The van der Waals surface area contributed by atoms with E-state index < -0.39 is 11.7 Å². The largest absolute Gasteiger partial charge is 0.494 e. The van der Waals surface area contributed by atoms with Crippen LogP contribution in [-0.2, 0) is 6.18 Å². The number of rotatable bonds is 7. The maximum atomic E-state index is 12.9. The summed E-state index contributed by atoms with van der Waals surface area (Å²) in [6.45, 7) is 4.60. The number of ether oxygens (including phenoxy) is 1. The van der Waals surface area contributed by atoms with Gasteiger partial charge < -0.3 is 9.64 Å². The quantitative estimate of drug-likeness (QED) is 0.493. The highest BCUT2D eigenvalue weighted by molar-refractivity contribution is 5.49. The van der Waals surface area contributed by atoms with Crippen LogP contribution in [0.25, 0.3) is 0 Å². The molecule has 7 heteroatoms. The molecule has 0 amide bonds. The number of alkyl halides is 3. The number of piperazine rings is 1. The third-order valence-corrected chi connectivity index (χ3v) is 4.86. The number of hydrogen-bond acceptors (Lipinski definition) is 3. The van der Waals surface area contributed by atoms with E-state index in [1.807, 2.05) is 4.90 Å². The molecule has 0 saturated carbocycles. The van der Waals surface area contributed by atoms with E-state index in [4.69, 9.17) is 4.74 Å². The van der Waals surface area contributed by atoms with Gasteiger partial charge in [-0.1, -0.05) is 6.07 Å². The number of anilines is 1. The zero-order valence-electron chi connectivity index (χ0n) is 15.6. The maximum Gasteiger partial charge on any atom is 0.416 e. The van der Waals surface area contributed by atoms with Crippen LogP contribution in [0.4, 0.5) is 23.2 Å². The molecule has 0 aliphatic carbocycles. The minimum atomic E-state index is -4.31. The van der Waals surface area contributed by atoms with Crippen LogP contribution in [0, 0.1) is 5.82 Å². The molecule has 1 heterocycles. The molecule has 0 N–H and O–H groups in total. The third kappa shape index (κ3) is 5.86. The van der Waals surface area contributed by atoms with Gasteiger partial charge in [0.15, 0.2) is 0 Å². The van der Waals surface area contributed by atoms with E-state index in [2.05, 4.69) is 4.90 Å². The van der Waals surface area contributed by atoms with Gasteiger partial charge in [0, 0.05) is 31.9 Å². The van der Waals surface area contributed by atoms with Gasteiger partial charge >= 0.3 is 6.18 Å². The predicted molar refractivity (Wildman–Crippen MR) is 101 cm³/mol. The van der Waals surface area contributed by atoms with Crippen molar-refractivity contribution in [2.75, 3.05) is 44.2 Å². The smallest absolute Gasteiger partial charge is 0.416 e. The van der Waals surface area contributed by atoms with Crippen LogP contribution in [0.5, 0.6) is 5.75 Å². The Bertz CT molecular complexity index is 741. The van der Waals surface area contributed by atoms with Crippen LogP contribution in [0.1, 0.15) is 18.4 Å². The lowest BCUT2D eigenvalue weighted by atomic mass is 10.1. The minimum Gasteiger partial charge on any atom is -0.494 e. The Kier molecular flexibility index (Phi) is 6.78. The third-order valence-electron chi connectivity index (χ3n) is 4.86. The molecule has 0 unspecified atom stereocenters. The number of benzene rings is 2. The van der Waals surface area contributed by atoms with Crippen molar-refractivity contribution in [3.8, 4) is 5.75 Å². The molecule has 3 nitrogen and oxygen atoms in total. The molecule has 1 saturated heterocycles. The second kappa shape index (κ2) is 9.28. The lowest BCUT2D eigenvalue weighted by molar-refractivity contribution is -0.137. The topological polar surface area (TPSA) is 15.7 Å². The van der Waals surface area contributed by atoms with Gasteiger partial charge in [-0.15, -0.1) is 0 Å². The number of hydrogen-bond donors (Lipinski definition) is 0. The summed E-state index contributed by atoms with van der Waals surface area (Å²) in [4.78, 5) is 4.32. The molecule has 3 rings (SSSR count). The second-order valence-corrected chi connectivity index (χ2v) is 6.89. The van der Waals surface area contributed by atoms with Crippen molar-refractivity contribution in [3.63, 3.8) is 0 Å². The molecule has 0 aromatic heterocycles. The fourth-order valence-electron chi connectivity index (χ4n) is 3.27. The lowest BCUT2D eigenvalue weighted by Crippen LogP contribution is -2.46. The molecular weight excluding hydrogens is 372 g/mol. The van der Waals surface area contributed by atoms with Crippen molar-refractivity contribution in [1.29, 1.82) is 0 Å². The van der Waals surface area contributed by atoms with Crippen molar-refractivity contribution in [2.24, 2.45) is 0 Å². The Labute approximate surface area is 162 Å². The van der Waals surface area contributed by atoms with Crippen molar-refractivity contribution < 1.29 is 22.3 Å². The van der Waals surface area contributed by atoms with Crippen LogP contribution in [0.2, 0.25) is 0 Å². The van der Waals surface area contributed by atoms with Gasteiger partial charge in [0.25, 0.3) is 0 Å². The first-order valence-corrected chi connectivity index (χ1v) is 9.45. The highest BCUT2D eigenvalue weighted by Gasteiger charge is 2.31. The molecule has 0 radical (unpaired) electrons. The Morgan fingerprint density at radius 2 is 1.61 bits per heavy atom. The van der Waals surface area contributed by atoms with Gasteiger partial charge in [0.05, 0.1) is 12.2 Å². The zero-order chi connectivity index (χ0) is 20.0. The molecule has 1 fully saturated rings. The number of halogens is 4. The summed E-state index contributed by atoms with van der Waals surface area (Å²) in [5, 5.41) is 0. The summed E-state index contributed by atoms with van der Waals surface area (Å²) in [7, 11) is 0. The molecule has 2 aromatic rings. The van der Waals surface area contributed by atoms with Crippen molar-refractivity contribution in [1.82, 2.24) is 4.90 Å². The molecule has 152 valence electrons. The van der Waals surface area contributed by atoms with Crippen LogP contribution in [0.15, 0.2) is 48.5 Å². The van der Waals surface area contributed by atoms with Gasteiger partial charge in [-0.25, -0.2) is 4.39 Å². The summed E-state index contributed by atoms with van der Waals surface area (Å²) in [6, 6.07) is 11.5.